The number of aromatic nitrogens is 1. The van der Waals surface area contributed by atoms with Crippen molar-refractivity contribution in [3.8, 4) is 5.75 Å². The van der Waals surface area contributed by atoms with Crippen molar-refractivity contribution in [2.24, 2.45) is 0 Å². The zero-order valence-electron chi connectivity index (χ0n) is 23.6. The van der Waals surface area contributed by atoms with Crippen LogP contribution in [0.25, 0.3) is 11.0 Å². The average Bonchev–Trinajstić information content (AvgIpc) is 3.24. The van der Waals surface area contributed by atoms with Gasteiger partial charge >= 0.3 is 11.6 Å². The van der Waals surface area contributed by atoms with Gasteiger partial charge in [-0.1, -0.05) is 6.08 Å². The standard InChI is InChI=1S/C31H35N3O7/c1-4-19(8-11-35)29(38)41-30(2,3)31(17-22-12-20-6-7-28(37)39-24(20)15-25(22)40-31)16-21-13-26(32)33-18-23(21)14-27(36)34-9-5-10-34/h4,6-7,12-13,15,18,35H,5,8-11,14,16-17H2,1-3H3,(H2,32,33). The van der Waals surface area contributed by atoms with Crippen molar-refractivity contribution < 1.29 is 28.6 Å². The second kappa shape index (κ2) is 11.0. The van der Waals surface area contributed by atoms with Gasteiger partial charge in [-0.25, -0.2) is 14.6 Å². The monoisotopic (exact) mass is 561 g/mol. The molecule has 2 aromatic heterocycles. The van der Waals surface area contributed by atoms with Gasteiger partial charge in [-0.05, 0) is 62.1 Å². The number of carbonyl (C=O) groups is 2. The van der Waals surface area contributed by atoms with Gasteiger partial charge < -0.3 is 29.6 Å². The Hall–Kier alpha value is -4.18. The Morgan fingerprint density at radius 3 is 2.68 bits per heavy atom. The lowest BCUT2D eigenvalue weighted by Crippen LogP contribution is -2.58. The third-order valence-electron chi connectivity index (χ3n) is 8.15. The Balaban J connectivity index is 1.56. The fourth-order valence-electron chi connectivity index (χ4n) is 5.47. The molecule has 1 atom stereocenters. The van der Waals surface area contributed by atoms with Crippen LogP contribution < -0.4 is 16.1 Å². The van der Waals surface area contributed by atoms with E-state index in [1.807, 2.05) is 11.0 Å². The molecule has 0 saturated carbocycles. The van der Waals surface area contributed by atoms with Crippen molar-refractivity contribution in [3.05, 3.63) is 75.3 Å². The molecule has 4 heterocycles. The van der Waals surface area contributed by atoms with Gasteiger partial charge in [-0.3, -0.25) is 4.79 Å². The fourth-order valence-corrected chi connectivity index (χ4v) is 5.47. The largest absolute Gasteiger partial charge is 0.482 e. The number of pyridine rings is 1. The van der Waals surface area contributed by atoms with Crippen LogP contribution in [0.4, 0.5) is 5.82 Å². The maximum atomic E-state index is 13.2. The Bertz CT molecular complexity index is 1590. The first-order valence-corrected chi connectivity index (χ1v) is 13.8. The van der Waals surface area contributed by atoms with E-state index in [0.717, 1.165) is 41.6 Å². The summed E-state index contributed by atoms with van der Waals surface area (Å²) in [5.41, 5.74) is 6.41. The van der Waals surface area contributed by atoms with E-state index in [1.54, 1.807) is 51.2 Å². The van der Waals surface area contributed by atoms with Gasteiger partial charge in [0.1, 0.15) is 22.8 Å². The number of hydrogen-bond donors (Lipinski definition) is 2. The number of aliphatic hydroxyl groups excluding tert-OH is 1. The molecular formula is C31H35N3O7. The van der Waals surface area contributed by atoms with E-state index in [0.29, 0.717) is 29.1 Å². The molecule has 1 fully saturated rings. The number of fused-ring (bicyclic) bond motifs is 2. The predicted octanol–water partition coefficient (Wildman–Crippen LogP) is 3.11. The van der Waals surface area contributed by atoms with Gasteiger partial charge in [0.2, 0.25) is 5.91 Å². The number of benzene rings is 1. The summed E-state index contributed by atoms with van der Waals surface area (Å²) < 4.78 is 18.2. The molecule has 10 heteroatoms. The lowest BCUT2D eigenvalue weighted by atomic mass is 9.76. The maximum absolute atomic E-state index is 13.2. The van der Waals surface area contributed by atoms with Gasteiger partial charge in [-0.2, -0.15) is 0 Å². The van der Waals surface area contributed by atoms with Gasteiger partial charge in [0, 0.05) is 68.2 Å². The molecule has 1 saturated heterocycles. The number of anilines is 1. The first-order valence-electron chi connectivity index (χ1n) is 13.8. The Kier molecular flexibility index (Phi) is 7.61. The van der Waals surface area contributed by atoms with E-state index in [9.17, 15) is 19.5 Å². The first-order chi connectivity index (χ1) is 19.5. The molecule has 1 amide bonds. The van der Waals surface area contributed by atoms with Gasteiger partial charge in [0.15, 0.2) is 5.60 Å². The number of allylic oxidation sites excluding steroid dienone is 1. The van der Waals surface area contributed by atoms with E-state index in [1.165, 1.54) is 6.07 Å². The highest BCUT2D eigenvalue weighted by molar-refractivity contribution is 5.88. The number of nitrogen functional groups attached to an aromatic ring is 1. The topological polar surface area (TPSA) is 145 Å². The summed E-state index contributed by atoms with van der Waals surface area (Å²) in [6.07, 6.45) is 5.19. The van der Waals surface area contributed by atoms with E-state index in [4.69, 9.17) is 19.6 Å². The highest BCUT2D eigenvalue weighted by atomic mass is 16.6. The molecule has 41 heavy (non-hydrogen) atoms. The number of carbonyl (C=O) groups excluding carboxylic acids is 2. The summed E-state index contributed by atoms with van der Waals surface area (Å²) in [6, 6.07) is 8.40. The number of amides is 1. The SMILES string of the molecule is CC=C(CCO)C(=O)OC(C)(C)C1(Cc2cc(N)ncc2CC(=O)N2CCC2)Cc2cc3ccc(=O)oc3cc2O1. The third kappa shape index (κ3) is 5.56. The molecule has 1 unspecified atom stereocenters. The molecule has 2 aliphatic rings. The Morgan fingerprint density at radius 1 is 1.22 bits per heavy atom. The quantitative estimate of drug-likeness (QED) is 0.229. The average molecular weight is 562 g/mol. The van der Waals surface area contributed by atoms with Crippen molar-refractivity contribution in [2.75, 3.05) is 25.4 Å². The fraction of sp³-hybridized carbons (Fsp3) is 0.419. The summed E-state index contributed by atoms with van der Waals surface area (Å²) in [4.78, 5) is 44.1. The van der Waals surface area contributed by atoms with Crippen LogP contribution in [-0.2, 0) is 33.6 Å². The van der Waals surface area contributed by atoms with Crippen LogP contribution in [0.15, 0.2) is 57.4 Å². The number of ether oxygens (including phenoxy) is 2. The second-order valence-corrected chi connectivity index (χ2v) is 11.2. The number of esters is 1. The molecule has 5 rings (SSSR count). The van der Waals surface area contributed by atoms with Crippen LogP contribution in [-0.4, -0.2) is 57.8 Å². The summed E-state index contributed by atoms with van der Waals surface area (Å²) in [5.74, 6) is 0.275. The molecule has 3 aromatic rings. The van der Waals surface area contributed by atoms with Gasteiger partial charge in [-0.15, -0.1) is 0 Å². The number of hydrogen-bond acceptors (Lipinski definition) is 9. The lowest BCUT2D eigenvalue weighted by Gasteiger charge is -2.43. The van der Waals surface area contributed by atoms with Crippen molar-refractivity contribution in [2.45, 2.75) is 64.1 Å². The molecule has 1 aromatic carbocycles. The highest BCUT2D eigenvalue weighted by Crippen LogP contribution is 2.46. The van der Waals surface area contributed by atoms with Crippen molar-refractivity contribution in [1.29, 1.82) is 0 Å². The number of nitrogens with zero attached hydrogens (tertiary/aromatic N) is 2. The summed E-state index contributed by atoms with van der Waals surface area (Å²) in [6.45, 7) is 6.60. The van der Waals surface area contributed by atoms with E-state index >= 15 is 0 Å². The molecule has 10 nitrogen and oxygen atoms in total. The molecule has 216 valence electrons. The van der Waals surface area contributed by atoms with Crippen LogP contribution in [0.2, 0.25) is 0 Å². The third-order valence-corrected chi connectivity index (χ3v) is 8.15. The smallest absolute Gasteiger partial charge is 0.336 e. The van der Waals surface area contributed by atoms with Crippen LogP contribution in [0.1, 0.15) is 50.3 Å². The van der Waals surface area contributed by atoms with Crippen LogP contribution >= 0.6 is 0 Å². The minimum absolute atomic E-state index is 0.0162. The predicted molar refractivity (Wildman–Crippen MR) is 152 cm³/mol. The number of rotatable bonds is 9. The van der Waals surface area contributed by atoms with E-state index in [-0.39, 0.29) is 31.8 Å². The Labute approximate surface area is 237 Å². The minimum atomic E-state index is -1.20. The maximum Gasteiger partial charge on any atom is 0.336 e. The molecule has 2 aliphatic heterocycles. The highest BCUT2D eigenvalue weighted by Gasteiger charge is 2.54. The summed E-state index contributed by atoms with van der Waals surface area (Å²) in [5, 5.41) is 10.2. The van der Waals surface area contributed by atoms with Crippen LogP contribution in [0.5, 0.6) is 5.75 Å². The van der Waals surface area contributed by atoms with Crippen LogP contribution in [0, 0.1) is 0 Å². The first kappa shape index (κ1) is 28.4. The molecular weight excluding hydrogens is 526 g/mol. The molecule has 0 aliphatic carbocycles. The van der Waals surface area contributed by atoms with Gasteiger partial charge in [0.25, 0.3) is 0 Å². The number of aliphatic hydroxyl groups is 1. The van der Waals surface area contributed by atoms with Crippen molar-refractivity contribution in [3.63, 3.8) is 0 Å². The second-order valence-electron chi connectivity index (χ2n) is 11.2. The molecule has 0 radical (unpaired) electrons. The van der Waals surface area contributed by atoms with E-state index < -0.39 is 22.8 Å². The van der Waals surface area contributed by atoms with Crippen molar-refractivity contribution >= 4 is 28.7 Å². The lowest BCUT2D eigenvalue weighted by molar-refractivity contribution is -0.174. The number of likely N-dealkylation sites (tertiary alicyclic amines) is 1. The van der Waals surface area contributed by atoms with E-state index in [2.05, 4.69) is 4.98 Å². The van der Waals surface area contributed by atoms with Gasteiger partial charge in [0.05, 0.1) is 6.42 Å². The Morgan fingerprint density at radius 2 is 2.00 bits per heavy atom. The molecule has 3 N–H and O–H groups in total. The zero-order chi connectivity index (χ0) is 29.4. The molecule has 0 bridgehead atoms. The molecule has 0 spiro atoms. The summed E-state index contributed by atoms with van der Waals surface area (Å²) in [7, 11) is 0. The van der Waals surface area contributed by atoms with Crippen molar-refractivity contribution in [1.82, 2.24) is 9.88 Å². The summed E-state index contributed by atoms with van der Waals surface area (Å²) >= 11 is 0. The normalized spacial score (nSPS) is 18.5. The zero-order valence-corrected chi connectivity index (χ0v) is 23.6. The van der Waals surface area contributed by atoms with Crippen LogP contribution in [0.3, 0.4) is 0 Å². The number of nitrogens with two attached hydrogens (primary N) is 1. The minimum Gasteiger partial charge on any atom is -0.482 e.